The normalized spacial score (nSPS) is 10.9. The van der Waals surface area contributed by atoms with Gasteiger partial charge in [-0.2, -0.15) is 0 Å². The van der Waals surface area contributed by atoms with Gasteiger partial charge in [0.1, 0.15) is 5.75 Å². The van der Waals surface area contributed by atoms with Crippen LogP contribution in [0.5, 0.6) is 5.75 Å². The Hall–Kier alpha value is -3.16. The van der Waals surface area contributed by atoms with Crippen LogP contribution in [0, 0.1) is 13.8 Å². The fourth-order valence-corrected chi connectivity index (χ4v) is 4.71. The van der Waals surface area contributed by atoms with E-state index in [4.69, 9.17) is 17.0 Å². The van der Waals surface area contributed by atoms with Gasteiger partial charge in [0.05, 0.1) is 19.7 Å². The maximum Gasteiger partial charge on any atom is 0.253 e. The van der Waals surface area contributed by atoms with Crippen LogP contribution in [0.3, 0.4) is 0 Å². The van der Waals surface area contributed by atoms with Gasteiger partial charge >= 0.3 is 0 Å². The number of fused-ring (bicyclic) bond motifs is 1. The van der Waals surface area contributed by atoms with Crippen molar-refractivity contribution in [3.63, 3.8) is 0 Å². The maximum absolute atomic E-state index is 12.9. The molecule has 2 aromatic heterocycles. The lowest BCUT2D eigenvalue weighted by Gasteiger charge is -2.26. The summed E-state index contributed by atoms with van der Waals surface area (Å²) in [5.74, 6) is 0.783. The maximum atomic E-state index is 12.9. The van der Waals surface area contributed by atoms with Crippen molar-refractivity contribution in [2.24, 2.45) is 0 Å². The van der Waals surface area contributed by atoms with E-state index >= 15 is 0 Å². The van der Waals surface area contributed by atoms with E-state index < -0.39 is 0 Å². The second-order valence-corrected chi connectivity index (χ2v) is 9.41. The highest BCUT2D eigenvalue weighted by atomic mass is 32.1. The zero-order valence-electron chi connectivity index (χ0n) is 19.0. The number of thiophene rings is 1. The van der Waals surface area contributed by atoms with Gasteiger partial charge in [-0.15, -0.1) is 11.3 Å². The molecule has 0 aliphatic carbocycles. The summed E-state index contributed by atoms with van der Waals surface area (Å²) in [7, 11) is 0. The lowest BCUT2D eigenvalue weighted by atomic mass is 10.1. The second kappa shape index (κ2) is 10.2. The van der Waals surface area contributed by atoms with Gasteiger partial charge < -0.3 is 19.9 Å². The number of nitrogens with zero attached hydrogens (tertiary/aromatic N) is 1. The summed E-state index contributed by atoms with van der Waals surface area (Å²) in [6.45, 7) is 7.68. The minimum absolute atomic E-state index is 0.114. The van der Waals surface area contributed by atoms with Gasteiger partial charge in [0, 0.05) is 27.0 Å². The van der Waals surface area contributed by atoms with Crippen LogP contribution in [-0.4, -0.2) is 21.6 Å². The molecule has 170 valence electrons. The fraction of sp³-hybridized carbons (Fsp3) is 0.231. The predicted molar refractivity (Wildman–Crippen MR) is 141 cm³/mol. The number of hydrogen-bond donors (Lipinski definition) is 2. The van der Waals surface area contributed by atoms with Crippen LogP contribution >= 0.6 is 23.6 Å². The van der Waals surface area contributed by atoms with E-state index in [1.54, 1.807) is 11.3 Å². The van der Waals surface area contributed by atoms with Gasteiger partial charge in [-0.05, 0) is 80.3 Å². The number of rotatable bonds is 7. The average Bonchev–Trinajstić information content (AvgIpc) is 3.29. The number of anilines is 1. The Morgan fingerprint density at radius 1 is 1.12 bits per heavy atom. The molecule has 2 aromatic carbocycles. The van der Waals surface area contributed by atoms with Crippen LogP contribution in [0.1, 0.15) is 28.5 Å². The molecule has 0 saturated heterocycles. The molecule has 4 rings (SSSR count). The molecule has 0 bridgehead atoms. The molecule has 5 nitrogen and oxygen atoms in total. The van der Waals surface area contributed by atoms with E-state index in [2.05, 4.69) is 42.3 Å². The number of aryl methyl sites for hydroxylation is 2. The van der Waals surface area contributed by atoms with Crippen LogP contribution in [0.15, 0.2) is 64.8 Å². The van der Waals surface area contributed by atoms with Gasteiger partial charge in [-0.25, -0.2) is 0 Å². The molecular weight excluding hydrogens is 450 g/mol. The van der Waals surface area contributed by atoms with Gasteiger partial charge in [-0.1, -0.05) is 23.8 Å². The Bertz CT molecular complexity index is 1330. The van der Waals surface area contributed by atoms with Gasteiger partial charge in [-0.3, -0.25) is 4.79 Å². The first kappa shape index (κ1) is 23.0. The highest BCUT2D eigenvalue weighted by Crippen LogP contribution is 2.22. The number of ether oxygens (including phenoxy) is 1. The second-order valence-electron chi connectivity index (χ2n) is 7.99. The zero-order chi connectivity index (χ0) is 23.4. The van der Waals surface area contributed by atoms with Crippen LogP contribution in [0.25, 0.3) is 10.9 Å². The standard InChI is InChI=1S/C26H27N3O2S2/c1-4-31-21-8-10-24-19(14-21)13-20(25(30)27-24)15-29(16-22-6-5-11-33-22)26(32)28-23-9-7-17(2)12-18(23)3/h5-14H,4,15-16H2,1-3H3,(H,27,30)(H,28,32). The van der Waals surface area contributed by atoms with Crippen molar-refractivity contribution in [2.45, 2.75) is 33.9 Å². The monoisotopic (exact) mass is 477 g/mol. The molecular formula is C26H27N3O2S2. The lowest BCUT2D eigenvalue weighted by Crippen LogP contribution is -2.35. The van der Waals surface area contributed by atoms with Gasteiger partial charge in [0.2, 0.25) is 0 Å². The van der Waals surface area contributed by atoms with Crippen LogP contribution in [-0.2, 0) is 13.1 Å². The number of hydrogen-bond acceptors (Lipinski definition) is 4. The quantitative estimate of drug-likeness (QED) is 0.320. The van der Waals surface area contributed by atoms with Crippen molar-refractivity contribution in [1.29, 1.82) is 0 Å². The first-order valence-corrected chi connectivity index (χ1v) is 12.2. The fourth-order valence-electron chi connectivity index (χ4n) is 3.75. The molecule has 4 aromatic rings. The highest BCUT2D eigenvalue weighted by Gasteiger charge is 2.16. The Morgan fingerprint density at radius 3 is 2.70 bits per heavy atom. The molecule has 0 atom stereocenters. The van der Waals surface area contributed by atoms with Crippen LogP contribution in [0.2, 0.25) is 0 Å². The number of aromatic nitrogens is 1. The van der Waals surface area contributed by atoms with Crippen LogP contribution in [0.4, 0.5) is 5.69 Å². The van der Waals surface area contributed by atoms with Gasteiger partial charge in [0.15, 0.2) is 5.11 Å². The molecule has 2 N–H and O–H groups in total. The first-order valence-electron chi connectivity index (χ1n) is 10.9. The average molecular weight is 478 g/mol. The number of H-pyrrole nitrogens is 1. The molecule has 0 unspecified atom stereocenters. The molecule has 0 aliphatic heterocycles. The molecule has 0 saturated carbocycles. The minimum atomic E-state index is -0.114. The third-order valence-electron chi connectivity index (χ3n) is 5.40. The molecule has 0 radical (unpaired) electrons. The van der Waals surface area contributed by atoms with E-state index in [9.17, 15) is 4.79 Å². The largest absolute Gasteiger partial charge is 0.494 e. The van der Waals surface area contributed by atoms with E-state index in [0.717, 1.165) is 27.9 Å². The zero-order valence-corrected chi connectivity index (χ0v) is 20.6. The van der Waals surface area contributed by atoms with Gasteiger partial charge in [0.25, 0.3) is 5.56 Å². The number of benzene rings is 2. The Labute approximate surface area is 203 Å². The molecule has 2 heterocycles. The van der Waals surface area contributed by atoms with Crippen molar-refractivity contribution in [2.75, 3.05) is 11.9 Å². The number of thiocarbonyl (C=S) groups is 1. The summed E-state index contributed by atoms with van der Waals surface area (Å²) in [6, 6.07) is 18.0. The van der Waals surface area contributed by atoms with Crippen LogP contribution < -0.4 is 15.6 Å². The number of nitrogens with one attached hydrogen (secondary N) is 2. The molecule has 0 fully saturated rings. The molecule has 0 aliphatic rings. The SMILES string of the molecule is CCOc1ccc2[nH]c(=O)c(CN(Cc3cccs3)C(=S)Nc3ccc(C)cc3C)cc2c1. The van der Waals surface area contributed by atoms with E-state index in [0.29, 0.717) is 30.4 Å². The summed E-state index contributed by atoms with van der Waals surface area (Å²) in [4.78, 5) is 19.1. The third kappa shape index (κ3) is 5.61. The Balaban J connectivity index is 1.64. The van der Waals surface area contributed by atoms with Crippen molar-refractivity contribution < 1.29 is 4.74 Å². The summed E-state index contributed by atoms with van der Waals surface area (Å²) in [6.07, 6.45) is 0. The Morgan fingerprint density at radius 2 is 1.97 bits per heavy atom. The summed E-state index contributed by atoms with van der Waals surface area (Å²) < 4.78 is 5.63. The van der Waals surface area contributed by atoms with Crippen molar-refractivity contribution >= 4 is 45.3 Å². The third-order valence-corrected chi connectivity index (χ3v) is 6.62. The van der Waals surface area contributed by atoms with Crippen molar-refractivity contribution in [3.05, 3.63) is 91.9 Å². The molecule has 0 amide bonds. The predicted octanol–water partition coefficient (Wildman–Crippen LogP) is 6.00. The van der Waals surface area contributed by atoms with E-state index in [1.165, 1.54) is 10.4 Å². The first-order chi connectivity index (χ1) is 15.9. The number of pyridine rings is 1. The van der Waals surface area contributed by atoms with E-state index in [-0.39, 0.29) is 5.56 Å². The summed E-state index contributed by atoms with van der Waals surface area (Å²) in [5.41, 5.74) is 4.62. The summed E-state index contributed by atoms with van der Waals surface area (Å²) >= 11 is 7.48. The number of aromatic amines is 1. The molecule has 7 heteroatoms. The van der Waals surface area contributed by atoms with Crippen molar-refractivity contribution in [1.82, 2.24) is 9.88 Å². The molecule has 33 heavy (non-hydrogen) atoms. The topological polar surface area (TPSA) is 57.4 Å². The van der Waals surface area contributed by atoms with E-state index in [1.807, 2.05) is 53.6 Å². The minimum Gasteiger partial charge on any atom is -0.494 e. The lowest BCUT2D eigenvalue weighted by molar-refractivity contribution is 0.340. The van der Waals surface area contributed by atoms with Crippen molar-refractivity contribution in [3.8, 4) is 5.75 Å². The summed E-state index contributed by atoms with van der Waals surface area (Å²) in [5, 5.41) is 6.94. The Kier molecular flexibility index (Phi) is 7.11. The molecule has 0 spiro atoms. The smallest absolute Gasteiger partial charge is 0.253 e. The highest BCUT2D eigenvalue weighted by molar-refractivity contribution is 7.80.